The van der Waals surface area contributed by atoms with E-state index in [4.69, 9.17) is 16.3 Å². The van der Waals surface area contributed by atoms with Crippen molar-refractivity contribution in [3.63, 3.8) is 0 Å². The normalized spacial score (nSPS) is 10.6. The van der Waals surface area contributed by atoms with E-state index in [0.29, 0.717) is 26.9 Å². The highest BCUT2D eigenvalue weighted by Crippen LogP contribution is 2.32. The van der Waals surface area contributed by atoms with Crippen LogP contribution in [0, 0.1) is 0 Å². The Hall–Kier alpha value is -3.12. The first-order valence-corrected chi connectivity index (χ1v) is 8.11. The second-order valence-corrected chi connectivity index (χ2v) is 6.02. The van der Waals surface area contributed by atoms with Gasteiger partial charge in [-0.3, -0.25) is 15.0 Å². The van der Waals surface area contributed by atoms with Crippen molar-refractivity contribution in [2.75, 3.05) is 12.5 Å². The van der Waals surface area contributed by atoms with Gasteiger partial charge in [0, 0.05) is 22.9 Å². The van der Waals surface area contributed by atoms with E-state index in [1.165, 1.54) is 14.0 Å². The molecule has 1 aromatic heterocycles. The van der Waals surface area contributed by atoms with Gasteiger partial charge in [0.05, 0.1) is 7.11 Å². The molecular weight excluding hydrogens is 356 g/mol. The molecule has 1 amide bonds. The number of ether oxygens (including phenoxy) is 1. The van der Waals surface area contributed by atoms with Gasteiger partial charge < -0.3 is 4.74 Å². The molecule has 0 spiro atoms. The van der Waals surface area contributed by atoms with Gasteiger partial charge >= 0.3 is 5.97 Å². The van der Waals surface area contributed by atoms with Crippen molar-refractivity contribution >= 4 is 34.2 Å². The van der Waals surface area contributed by atoms with Crippen LogP contribution in [0.4, 0.5) is 0 Å². The van der Waals surface area contributed by atoms with Crippen LogP contribution in [0.3, 0.4) is 0 Å². The molecule has 0 aliphatic heterocycles. The molecule has 0 unspecified atom stereocenters. The average Bonchev–Trinajstić information content (AvgIpc) is 2.63. The van der Waals surface area contributed by atoms with Gasteiger partial charge in [-0.1, -0.05) is 41.9 Å². The van der Waals surface area contributed by atoms with Gasteiger partial charge in [0.25, 0.3) is 5.56 Å². The minimum absolute atomic E-state index is 0.0753. The molecule has 0 bridgehead atoms. The predicted molar refractivity (Wildman–Crippen MR) is 100 cm³/mol. The van der Waals surface area contributed by atoms with Crippen LogP contribution >= 0.6 is 11.6 Å². The summed E-state index contributed by atoms with van der Waals surface area (Å²) >= 11 is 6.13. The predicted octanol–water partition coefficient (Wildman–Crippen LogP) is 3.20. The minimum atomic E-state index is -0.753. The highest BCUT2D eigenvalue weighted by atomic mass is 35.5. The zero-order valence-electron chi connectivity index (χ0n) is 14.1. The maximum absolute atomic E-state index is 12.9. The lowest BCUT2D eigenvalue weighted by Crippen LogP contribution is -2.36. The Morgan fingerprint density at radius 2 is 1.77 bits per heavy atom. The van der Waals surface area contributed by atoms with Crippen LogP contribution in [0.1, 0.15) is 17.4 Å². The summed E-state index contributed by atoms with van der Waals surface area (Å²) in [5, 5.41) is 1.23. The molecule has 0 aliphatic rings. The maximum Gasteiger partial charge on any atom is 0.357 e. The number of amides is 1. The maximum atomic E-state index is 12.9. The lowest BCUT2D eigenvalue weighted by Gasteiger charge is -2.18. The monoisotopic (exact) mass is 370 g/mol. The number of benzene rings is 2. The summed E-state index contributed by atoms with van der Waals surface area (Å²) in [4.78, 5) is 37.0. The van der Waals surface area contributed by atoms with Crippen molar-refractivity contribution in [2.45, 2.75) is 6.92 Å². The van der Waals surface area contributed by atoms with Crippen LogP contribution in [-0.4, -0.2) is 23.7 Å². The second kappa shape index (κ2) is 7.01. The van der Waals surface area contributed by atoms with E-state index >= 15 is 0 Å². The van der Waals surface area contributed by atoms with E-state index in [0.717, 1.165) is 4.68 Å². The smallest absolute Gasteiger partial charge is 0.357 e. The Labute approximate surface area is 153 Å². The summed E-state index contributed by atoms with van der Waals surface area (Å²) in [7, 11) is 1.21. The molecule has 7 heteroatoms. The first kappa shape index (κ1) is 17.7. The average molecular weight is 371 g/mol. The van der Waals surface area contributed by atoms with Crippen molar-refractivity contribution in [1.82, 2.24) is 4.68 Å². The first-order valence-electron chi connectivity index (χ1n) is 7.73. The number of pyridine rings is 1. The van der Waals surface area contributed by atoms with Gasteiger partial charge in [0.2, 0.25) is 5.91 Å². The van der Waals surface area contributed by atoms with Crippen LogP contribution in [0.5, 0.6) is 0 Å². The topological polar surface area (TPSA) is 77.4 Å². The van der Waals surface area contributed by atoms with Crippen LogP contribution in [0.15, 0.2) is 53.3 Å². The number of carbonyl (C=O) groups is 2. The number of esters is 1. The van der Waals surface area contributed by atoms with E-state index in [1.807, 2.05) is 6.07 Å². The number of carbonyl (C=O) groups excluding carboxylic acids is 2. The van der Waals surface area contributed by atoms with Gasteiger partial charge in [-0.25, -0.2) is 9.47 Å². The van der Waals surface area contributed by atoms with Gasteiger partial charge in [-0.2, -0.15) is 0 Å². The number of aromatic nitrogens is 1. The minimum Gasteiger partial charge on any atom is -0.464 e. The molecule has 1 N–H and O–H groups in total. The van der Waals surface area contributed by atoms with Crippen molar-refractivity contribution in [3.05, 3.63) is 69.6 Å². The second-order valence-electron chi connectivity index (χ2n) is 5.58. The third kappa shape index (κ3) is 3.07. The molecular formula is C19H15ClN2O4. The molecule has 0 saturated heterocycles. The van der Waals surface area contributed by atoms with Crippen molar-refractivity contribution in [2.24, 2.45) is 0 Å². The molecule has 3 rings (SSSR count). The fraction of sp³-hybridized carbons (Fsp3) is 0.105. The third-order valence-corrected chi connectivity index (χ3v) is 4.09. The summed E-state index contributed by atoms with van der Waals surface area (Å²) in [6.07, 6.45) is 0. The van der Waals surface area contributed by atoms with Crippen molar-refractivity contribution in [1.29, 1.82) is 0 Å². The molecule has 3 aromatic rings. The Kier molecular flexibility index (Phi) is 4.77. The Morgan fingerprint density at radius 1 is 1.08 bits per heavy atom. The quantitative estimate of drug-likeness (QED) is 0.718. The molecule has 0 atom stereocenters. The van der Waals surface area contributed by atoms with E-state index in [-0.39, 0.29) is 5.69 Å². The van der Waals surface area contributed by atoms with Gasteiger partial charge in [0.1, 0.15) is 0 Å². The standard InChI is InChI=1S/C19H15ClN2O4/c1-11(23)21-22-17(19(25)26-2)16(12-6-4-3-5-7-12)15-10-13(20)8-9-14(15)18(22)24/h3-10H,1-2H3,(H,21,23). The Bertz CT molecular complexity index is 1070. The number of methoxy groups -OCH3 is 1. The molecule has 1 heterocycles. The van der Waals surface area contributed by atoms with Gasteiger partial charge in [-0.15, -0.1) is 0 Å². The number of hydrogen-bond acceptors (Lipinski definition) is 4. The zero-order valence-corrected chi connectivity index (χ0v) is 14.8. The number of halogens is 1. The summed E-state index contributed by atoms with van der Waals surface area (Å²) in [6.45, 7) is 1.25. The molecule has 0 aliphatic carbocycles. The van der Waals surface area contributed by atoms with Crippen LogP contribution < -0.4 is 11.0 Å². The third-order valence-electron chi connectivity index (χ3n) is 3.86. The fourth-order valence-corrected chi connectivity index (χ4v) is 2.99. The molecule has 26 heavy (non-hydrogen) atoms. The van der Waals surface area contributed by atoms with Crippen LogP contribution in [0.2, 0.25) is 5.02 Å². The first-order chi connectivity index (χ1) is 12.4. The van der Waals surface area contributed by atoms with E-state index < -0.39 is 17.4 Å². The van der Waals surface area contributed by atoms with Crippen molar-refractivity contribution in [3.8, 4) is 11.1 Å². The summed E-state index contributed by atoms with van der Waals surface area (Å²) < 4.78 is 5.80. The van der Waals surface area contributed by atoms with E-state index in [2.05, 4.69) is 5.43 Å². The van der Waals surface area contributed by atoms with Gasteiger partial charge in [-0.05, 0) is 29.1 Å². The zero-order chi connectivity index (χ0) is 18.8. The summed E-state index contributed by atoms with van der Waals surface area (Å²) in [5.41, 5.74) is 2.91. The Morgan fingerprint density at radius 3 is 2.38 bits per heavy atom. The lowest BCUT2D eigenvalue weighted by atomic mass is 9.97. The van der Waals surface area contributed by atoms with E-state index in [1.54, 1.807) is 42.5 Å². The summed E-state index contributed by atoms with van der Waals surface area (Å²) in [6, 6.07) is 13.8. The lowest BCUT2D eigenvalue weighted by molar-refractivity contribution is -0.115. The molecule has 0 saturated carbocycles. The SMILES string of the molecule is COC(=O)c1c(-c2ccccc2)c2cc(Cl)ccc2c(=O)n1NC(C)=O. The van der Waals surface area contributed by atoms with Crippen molar-refractivity contribution < 1.29 is 14.3 Å². The van der Waals surface area contributed by atoms with Crippen LogP contribution in [-0.2, 0) is 9.53 Å². The molecule has 0 fully saturated rings. The number of nitrogens with one attached hydrogen (secondary N) is 1. The summed E-state index contributed by atoms with van der Waals surface area (Å²) in [5.74, 6) is -1.25. The number of nitrogens with zero attached hydrogens (tertiary/aromatic N) is 1. The number of rotatable bonds is 3. The Balaban J connectivity index is 2.56. The van der Waals surface area contributed by atoms with Crippen LogP contribution in [0.25, 0.3) is 21.9 Å². The largest absolute Gasteiger partial charge is 0.464 e. The number of fused-ring (bicyclic) bond motifs is 1. The van der Waals surface area contributed by atoms with E-state index in [9.17, 15) is 14.4 Å². The fourth-order valence-electron chi connectivity index (χ4n) is 2.82. The highest BCUT2D eigenvalue weighted by molar-refractivity contribution is 6.31. The highest BCUT2D eigenvalue weighted by Gasteiger charge is 2.24. The molecule has 0 radical (unpaired) electrons. The molecule has 132 valence electrons. The van der Waals surface area contributed by atoms with Gasteiger partial charge in [0.15, 0.2) is 5.69 Å². The molecule has 2 aromatic carbocycles. The number of hydrogen-bond donors (Lipinski definition) is 1. The molecule has 6 nitrogen and oxygen atoms in total.